The van der Waals surface area contributed by atoms with E-state index in [0.29, 0.717) is 13.1 Å². The van der Waals surface area contributed by atoms with Crippen LogP contribution in [0.4, 0.5) is 5.82 Å². The van der Waals surface area contributed by atoms with E-state index in [4.69, 9.17) is 5.73 Å². The number of piperidine rings is 1. The monoisotopic (exact) mass is 394 g/mol. The number of benzene rings is 1. The van der Waals surface area contributed by atoms with Crippen molar-refractivity contribution >= 4 is 17.7 Å². The standard InChI is InChI=1S/C22H30N6O/c1-24-22(27(2)15-17-8-4-3-5-9-17)26-14-18-10-6-12-25-21(18)28-13-7-11-19(16-28)20(23)29/h3-6,8-10,12,19H,7,11,13-16H2,1-2H3,(H2,23,29)(H,24,26). The number of carbonyl (C=O) groups is 1. The van der Waals surface area contributed by atoms with E-state index in [0.717, 1.165) is 43.3 Å². The summed E-state index contributed by atoms with van der Waals surface area (Å²) in [5.41, 5.74) is 7.84. The predicted octanol–water partition coefficient (Wildman–Crippen LogP) is 1.99. The second-order valence-corrected chi connectivity index (χ2v) is 7.42. The van der Waals surface area contributed by atoms with E-state index in [9.17, 15) is 4.79 Å². The average molecular weight is 395 g/mol. The lowest BCUT2D eigenvalue weighted by molar-refractivity contribution is -0.122. The molecule has 0 spiro atoms. The molecule has 1 unspecified atom stereocenters. The molecule has 0 saturated carbocycles. The molecule has 7 heteroatoms. The number of nitrogens with zero attached hydrogens (tertiary/aromatic N) is 4. The Morgan fingerprint density at radius 3 is 2.83 bits per heavy atom. The van der Waals surface area contributed by atoms with Crippen molar-refractivity contribution in [1.29, 1.82) is 0 Å². The Morgan fingerprint density at radius 2 is 2.10 bits per heavy atom. The number of nitrogens with one attached hydrogen (secondary N) is 1. The Kier molecular flexibility index (Phi) is 7.05. The Morgan fingerprint density at radius 1 is 1.31 bits per heavy atom. The van der Waals surface area contributed by atoms with Gasteiger partial charge in [0.05, 0.1) is 5.92 Å². The van der Waals surface area contributed by atoms with Crippen LogP contribution >= 0.6 is 0 Å². The maximum Gasteiger partial charge on any atom is 0.222 e. The minimum Gasteiger partial charge on any atom is -0.369 e. The van der Waals surface area contributed by atoms with Gasteiger partial charge in [0.25, 0.3) is 0 Å². The zero-order chi connectivity index (χ0) is 20.6. The number of pyridine rings is 1. The van der Waals surface area contributed by atoms with E-state index in [1.54, 1.807) is 13.2 Å². The van der Waals surface area contributed by atoms with Gasteiger partial charge in [0.1, 0.15) is 5.82 Å². The van der Waals surface area contributed by atoms with Crippen LogP contribution in [0.2, 0.25) is 0 Å². The topological polar surface area (TPSA) is 86.9 Å². The summed E-state index contributed by atoms with van der Waals surface area (Å²) >= 11 is 0. The van der Waals surface area contributed by atoms with Crippen LogP contribution in [0.15, 0.2) is 53.7 Å². The number of primary amides is 1. The van der Waals surface area contributed by atoms with Crippen molar-refractivity contribution in [1.82, 2.24) is 15.2 Å². The molecule has 2 heterocycles. The molecule has 1 aromatic heterocycles. The molecule has 0 aliphatic carbocycles. The number of anilines is 1. The number of guanidine groups is 1. The largest absolute Gasteiger partial charge is 0.369 e. The van der Waals surface area contributed by atoms with E-state index >= 15 is 0 Å². The number of aliphatic imine (C=N–C) groups is 1. The Hall–Kier alpha value is -3.09. The summed E-state index contributed by atoms with van der Waals surface area (Å²) in [5.74, 6) is 1.38. The molecule has 1 saturated heterocycles. The Balaban J connectivity index is 1.66. The molecule has 3 rings (SSSR count). The molecular formula is C22H30N6O. The molecule has 1 atom stereocenters. The highest BCUT2D eigenvalue weighted by Crippen LogP contribution is 2.24. The molecule has 1 aromatic carbocycles. The van der Waals surface area contributed by atoms with Gasteiger partial charge in [-0.3, -0.25) is 9.79 Å². The average Bonchev–Trinajstić information content (AvgIpc) is 2.75. The first-order chi connectivity index (χ1) is 14.1. The van der Waals surface area contributed by atoms with Gasteiger partial charge in [-0.1, -0.05) is 36.4 Å². The van der Waals surface area contributed by atoms with Gasteiger partial charge in [-0.15, -0.1) is 0 Å². The SMILES string of the molecule is CN=C(NCc1cccnc1N1CCCC(C(N)=O)C1)N(C)Cc1ccccc1. The Labute approximate surface area is 172 Å². The molecule has 1 amide bonds. The maximum absolute atomic E-state index is 11.6. The third kappa shape index (κ3) is 5.47. The lowest BCUT2D eigenvalue weighted by Gasteiger charge is -2.33. The van der Waals surface area contributed by atoms with Crippen molar-refractivity contribution in [2.24, 2.45) is 16.6 Å². The summed E-state index contributed by atoms with van der Waals surface area (Å²) in [6, 6.07) is 14.3. The molecule has 1 fully saturated rings. The highest BCUT2D eigenvalue weighted by molar-refractivity contribution is 5.80. The van der Waals surface area contributed by atoms with Crippen molar-refractivity contribution in [3.8, 4) is 0 Å². The number of nitrogens with two attached hydrogens (primary N) is 1. The van der Waals surface area contributed by atoms with Gasteiger partial charge < -0.3 is 20.9 Å². The van der Waals surface area contributed by atoms with Crippen molar-refractivity contribution in [2.45, 2.75) is 25.9 Å². The van der Waals surface area contributed by atoms with Gasteiger partial charge in [-0.25, -0.2) is 4.98 Å². The van der Waals surface area contributed by atoms with Crippen LogP contribution in [0.25, 0.3) is 0 Å². The van der Waals surface area contributed by atoms with Crippen molar-refractivity contribution in [3.63, 3.8) is 0 Å². The Bertz CT molecular complexity index is 838. The quantitative estimate of drug-likeness (QED) is 0.578. The summed E-state index contributed by atoms with van der Waals surface area (Å²) in [6.45, 7) is 2.89. The fourth-order valence-electron chi connectivity index (χ4n) is 3.75. The number of rotatable bonds is 6. The minimum atomic E-state index is -0.228. The molecule has 3 N–H and O–H groups in total. The highest BCUT2D eigenvalue weighted by Gasteiger charge is 2.26. The van der Waals surface area contributed by atoms with Crippen molar-refractivity contribution in [3.05, 3.63) is 59.8 Å². The van der Waals surface area contributed by atoms with Crippen LogP contribution in [-0.2, 0) is 17.9 Å². The van der Waals surface area contributed by atoms with E-state index < -0.39 is 0 Å². The lowest BCUT2D eigenvalue weighted by atomic mass is 9.97. The van der Waals surface area contributed by atoms with Crippen LogP contribution in [0.5, 0.6) is 0 Å². The predicted molar refractivity (Wildman–Crippen MR) is 116 cm³/mol. The third-order valence-electron chi connectivity index (χ3n) is 5.26. The van der Waals surface area contributed by atoms with E-state index in [1.807, 2.05) is 31.3 Å². The van der Waals surface area contributed by atoms with E-state index in [2.05, 4.69) is 43.3 Å². The second kappa shape index (κ2) is 9.91. The first-order valence-corrected chi connectivity index (χ1v) is 10.0. The van der Waals surface area contributed by atoms with Crippen molar-refractivity contribution in [2.75, 3.05) is 32.1 Å². The third-order valence-corrected chi connectivity index (χ3v) is 5.26. The van der Waals surface area contributed by atoms with E-state index in [1.165, 1.54) is 5.56 Å². The van der Waals surface area contributed by atoms with Crippen LogP contribution in [0, 0.1) is 5.92 Å². The van der Waals surface area contributed by atoms with Gasteiger partial charge in [0.2, 0.25) is 5.91 Å². The van der Waals surface area contributed by atoms with Crippen LogP contribution < -0.4 is 16.0 Å². The van der Waals surface area contributed by atoms with Gasteiger partial charge in [-0.05, 0) is 24.5 Å². The van der Waals surface area contributed by atoms with Crippen LogP contribution in [0.1, 0.15) is 24.0 Å². The molecule has 1 aliphatic rings. The van der Waals surface area contributed by atoms with Gasteiger partial charge in [0, 0.05) is 52.0 Å². The molecule has 154 valence electrons. The van der Waals surface area contributed by atoms with Gasteiger partial charge in [-0.2, -0.15) is 0 Å². The fourth-order valence-corrected chi connectivity index (χ4v) is 3.75. The number of amides is 1. The number of carbonyl (C=O) groups excluding carboxylic acids is 1. The molecule has 1 aliphatic heterocycles. The van der Waals surface area contributed by atoms with Gasteiger partial charge >= 0.3 is 0 Å². The smallest absolute Gasteiger partial charge is 0.222 e. The first-order valence-electron chi connectivity index (χ1n) is 10.0. The molecular weight excluding hydrogens is 364 g/mol. The minimum absolute atomic E-state index is 0.115. The summed E-state index contributed by atoms with van der Waals surface area (Å²) in [7, 11) is 3.81. The molecule has 0 bridgehead atoms. The molecule has 2 aromatic rings. The first kappa shape index (κ1) is 20.6. The summed E-state index contributed by atoms with van der Waals surface area (Å²) in [4.78, 5) is 24.9. The highest BCUT2D eigenvalue weighted by atomic mass is 16.1. The van der Waals surface area contributed by atoms with Crippen LogP contribution in [0.3, 0.4) is 0 Å². The molecule has 0 radical (unpaired) electrons. The summed E-state index contributed by atoms with van der Waals surface area (Å²) < 4.78 is 0. The fraction of sp³-hybridized carbons (Fsp3) is 0.409. The zero-order valence-electron chi connectivity index (χ0n) is 17.2. The van der Waals surface area contributed by atoms with Crippen LogP contribution in [-0.4, -0.2) is 48.9 Å². The van der Waals surface area contributed by atoms with Crippen molar-refractivity contribution < 1.29 is 4.79 Å². The number of aromatic nitrogens is 1. The maximum atomic E-state index is 11.6. The number of hydrogen-bond acceptors (Lipinski definition) is 4. The molecule has 29 heavy (non-hydrogen) atoms. The second-order valence-electron chi connectivity index (χ2n) is 7.42. The summed E-state index contributed by atoms with van der Waals surface area (Å²) in [5, 5.41) is 3.44. The zero-order valence-corrected chi connectivity index (χ0v) is 17.2. The lowest BCUT2D eigenvalue weighted by Crippen LogP contribution is -2.42. The van der Waals surface area contributed by atoms with E-state index in [-0.39, 0.29) is 11.8 Å². The normalized spacial score (nSPS) is 17.1. The number of hydrogen-bond donors (Lipinski definition) is 2. The summed E-state index contributed by atoms with van der Waals surface area (Å²) in [6.07, 6.45) is 3.59. The molecule has 7 nitrogen and oxygen atoms in total. The van der Waals surface area contributed by atoms with Gasteiger partial charge in [0.15, 0.2) is 5.96 Å².